The summed E-state index contributed by atoms with van der Waals surface area (Å²) in [5, 5.41) is 32.4. The zero-order valence-electron chi connectivity index (χ0n) is 10.9. The third kappa shape index (κ3) is 3.58. The summed E-state index contributed by atoms with van der Waals surface area (Å²) in [5.41, 5.74) is 2.91. The second-order valence-electron chi connectivity index (χ2n) is 4.20. The number of hydrogen-bond donors (Lipinski definition) is 4. The molecule has 1 amide bonds. The van der Waals surface area contributed by atoms with Crippen LogP contribution in [0.4, 0.5) is 0 Å². The maximum atomic E-state index is 11.8. The van der Waals surface area contributed by atoms with Crippen LogP contribution < -0.4 is 5.43 Å². The standard InChI is InChI=1S/C14H10Br2N2O4/c15-10-5-8(12(20)11(16)13(10)21)6-17-18-14(22)7-1-3-9(19)4-2-7/h1-6,19-21H,(H,18,22)/b17-6+. The Labute approximate surface area is 142 Å². The van der Waals surface area contributed by atoms with Crippen LogP contribution in [0.25, 0.3) is 0 Å². The fourth-order valence-electron chi connectivity index (χ4n) is 1.55. The summed E-state index contributed by atoms with van der Waals surface area (Å²) in [6.45, 7) is 0. The van der Waals surface area contributed by atoms with E-state index in [0.717, 1.165) is 0 Å². The predicted octanol–water partition coefficient (Wildman–Crippen LogP) is 3.09. The average Bonchev–Trinajstić information content (AvgIpc) is 2.50. The zero-order chi connectivity index (χ0) is 16.3. The van der Waals surface area contributed by atoms with Gasteiger partial charge < -0.3 is 15.3 Å². The summed E-state index contributed by atoms with van der Waals surface area (Å²) in [6.07, 6.45) is 1.24. The quantitative estimate of drug-likeness (QED) is 0.444. The van der Waals surface area contributed by atoms with Gasteiger partial charge in [-0.15, -0.1) is 0 Å². The first kappa shape index (κ1) is 16.3. The van der Waals surface area contributed by atoms with Crippen molar-refractivity contribution in [1.82, 2.24) is 5.43 Å². The Morgan fingerprint density at radius 2 is 1.73 bits per heavy atom. The van der Waals surface area contributed by atoms with Gasteiger partial charge in [0.25, 0.3) is 5.91 Å². The summed E-state index contributed by atoms with van der Waals surface area (Å²) in [5.74, 6) is -0.748. The summed E-state index contributed by atoms with van der Waals surface area (Å²) in [6, 6.07) is 7.12. The second kappa shape index (κ2) is 6.80. The van der Waals surface area contributed by atoms with Crippen LogP contribution >= 0.6 is 31.9 Å². The molecular weight excluding hydrogens is 420 g/mol. The van der Waals surface area contributed by atoms with Crippen LogP contribution in [0.2, 0.25) is 0 Å². The van der Waals surface area contributed by atoms with Crippen molar-refractivity contribution in [1.29, 1.82) is 0 Å². The molecule has 0 bridgehead atoms. The molecule has 0 aromatic heterocycles. The van der Waals surface area contributed by atoms with Crippen molar-refractivity contribution in [3.05, 3.63) is 50.4 Å². The van der Waals surface area contributed by atoms with Crippen molar-refractivity contribution in [2.45, 2.75) is 0 Å². The normalized spacial score (nSPS) is 10.8. The van der Waals surface area contributed by atoms with Crippen LogP contribution in [0.15, 0.2) is 44.4 Å². The SMILES string of the molecule is O=C(N/N=C/c1cc(Br)c(O)c(Br)c1O)c1ccc(O)cc1. The fourth-order valence-corrected chi connectivity index (χ4v) is 2.71. The molecule has 114 valence electrons. The summed E-state index contributed by atoms with van der Waals surface area (Å²) >= 11 is 6.17. The van der Waals surface area contributed by atoms with Crippen LogP contribution in [0, 0.1) is 0 Å². The Kier molecular flexibility index (Phi) is 5.04. The molecule has 2 aromatic rings. The largest absolute Gasteiger partial charge is 0.508 e. The summed E-state index contributed by atoms with van der Waals surface area (Å²) < 4.78 is 0.483. The molecule has 0 spiro atoms. The van der Waals surface area contributed by atoms with E-state index in [1.165, 1.54) is 36.5 Å². The highest BCUT2D eigenvalue weighted by Gasteiger charge is 2.12. The third-order valence-electron chi connectivity index (χ3n) is 2.70. The molecule has 2 rings (SSSR count). The smallest absolute Gasteiger partial charge is 0.271 e. The van der Waals surface area contributed by atoms with Gasteiger partial charge in [0.1, 0.15) is 21.7 Å². The lowest BCUT2D eigenvalue weighted by molar-refractivity contribution is 0.0955. The molecule has 0 saturated heterocycles. The number of phenolic OH excluding ortho intramolecular Hbond substituents is 3. The molecule has 0 saturated carbocycles. The van der Waals surface area contributed by atoms with Crippen molar-refractivity contribution in [2.24, 2.45) is 5.10 Å². The first-order chi connectivity index (χ1) is 10.4. The van der Waals surface area contributed by atoms with Crippen LogP contribution in [-0.4, -0.2) is 27.4 Å². The van der Waals surface area contributed by atoms with Gasteiger partial charge in [0.05, 0.1) is 10.7 Å². The monoisotopic (exact) mass is 428 g/mol. The number of carbonyl (C=O) groups excluding carboxylic acids is 1. The van der Waals surface area contributed by atoms with Crippen molar-refractivity contribution in [2.75, 3.05) is 0 Å². The molecule has 0 fully saturated rings. The van der Waals surface area contributed by atoms with E-state index < -0.39 is 5.91 Å². The number of halogens is 2. The minimum Gasteiger partial charge on any atom is -0.508 e. The van der Waals surface area contributed by atoms with E-state index in [0.29, 0.717) is 15.6 Å². The van der Waals surface area contributed by atoms with Crippen LogP contribution in [0.5, 0.6) is 17.2 Å². The number of amides is 1. The highest BCUT2D eigenvalue weighted by atomic mass is 79.9. The van der Waals surface area contributed by atoms with E-state index in [1.54, 1.807) is 0 Å². The fraction of sp³-hybridized carbons (Fsp3) is 0. The molecule has 0 aliphatic carbocycles. The number of phenols is 3. The van der Waals surface area contributed by atoms with Gasteiger partial charge in [0.15, 0.2) is 0 Å². The van der Waals surface area contributed by atoms with E-state index in [1.807, 2.05) is 0 Å². The molecular formula is C14H10Br2N2O4. The Bertz CT molecular complexity index is 745. The van der Waals surface area contributed by atoms with Crippen LogP contribution in [0.1, 0.15) is 15.9 Å². The number of benzene rings is 2. The minimum atomic E-state index is -0.465. The molecule has 0 atom stereocenters. The lowest BCUT2D eigenvalue weighted by Gasteiger charge is -2.06. The Balaban J connectivity index is 2.13. The molecule has 4 N–H and O–H groups in total. The molecule has 0 unspecified atom stereocenters. The van der Waals surface area contributed by atoms with Gasteiger partial charge in [-0.2, -0.15) is 5.10 Å². The van der Waals surface area contributed by atoms with E-state index in [4.69, 9.17) is 5.11 Å². The zero-order valence-corrected chi connectivity index (χ0v) is 14.1. The van der Waals surface area contributed by atoms with Gasteiger partial charge in [0, 0.05) is 11.1 Å². The van der Waals surface area contributed by atoms with E-state index in [-0.39, 0.29) is 21.7 Å². The van der Waals surface area contributed by atoms with Gasteiger partial charge in [-0.05, 0) is 62.2 Å². The van der Waals surface area contributed by atoms with Gasteiger partial charge in [-0.3, -0.25) is 4.79 Å². The number of aromatic hydroxyl groups is 3. The molecule has 2 aromatic carbocycles. The summed E-state index contributed by atoms with van der Waals surface area (Å²) in [4.78, 5) is 11.8. The topological polar surface area (TPSA) is 102 Å². The first-order valence-corrected chi connectivity index (χ1v) is 7.51. The van der Waals surface area contributed by atoms with Gasteiger partial charge in [-0.1, -0.05) is 0 Å². The lowest BCUT2D eigenvalue weighted by Crippen LogP contribution is -2.17. The number of carbonyl (C=O) groups is 1. The van der Waals surface area contributed by atoms with Crippen LogP contribution in [0.3, 0.4) is 0 Å². The molecule has 6 nitrogen and oxygen atoms in total. The average molecular weight is 430 g/mol. The Hall–Kier alpha value is -2.06. The molecule has 0 aliphatic rings. The van der Waals surface area contributed by atoms with Crippen molar-refractivity contribution in [3.63, 3.8) is 0 Å². The Morgan fingerprint density at radius 1 is 1.09 bits per heavy atom. The highest BCUT2D eigenvalue weighted by molar-refractivity contribution is 9.11. The number of hydrogen-bond acceptors (Lipinski definition) is 5. The van der Waals surface area contributed by atoms with Gasteiger partial charge in [0.2, 0.25) is 0 Å². The summed E-state index contributed by atoms with van der Waals surface area (Å²) in [7, 11) is 0. The minimum absolute atomic E-state index is 0.0590. The number of nitrogens with one attached hydrogen (secondary N) is 1. The molecule has 8 heteroatoms. The molecule has 0 aliphatic heterocycles. The van der Waals surface area contributed by atoms with Gasteiger partial charge >= 0.3 is 0 Å². The molecule has 22 heavy (non-hydrogen) atoms. The Morgan fingerprint density at radius 3 is 2.36 bits per heavy atom. The number of hydrazone groups is 1. The van der Waals surface area contributed by atoms with E-state index >= 15 is 0 Å². The number of rotatable bonds is 3. The van der Waals surface area contributed by atoms with Gasteiger partial charge in [-0.25, -0.2) is 5.43 Å². The second-order valence-corrected chi connectivity index (χ2v) is 5.85. The maximum absolute atomic E-state index is 11.8. The third-order valence-corrected chi connectivity index (χ3v) is 4.05. The van der Waals surface area contributed by atoms with Crippen molar-refractivity contribution < 1.29 is 20.1 Å². The van der Waals surface area contributed by atoms with Crippen LogP contribution in [-0.2, 0) is 0 Å². The van der Waals surface area contributed by atoms with Crippen molar-refractivity contribution in [3.8, 4) is 17.2 Å². The van der Waals surface area contributed by atoms with E-state index in [2.05, 4.69) is 42.4 Å². The maximum Gasteiger partial charge on any atom is 0.271 e. The molecule has 0 radical (unpaired) electrons. The first-order valence-electron chi connectivity index (χ1n) is 5.92. The lowest BCUT2D eigenvalue weighted by atomic mass is 10.2. The van der Waals surface area contributed by atoms with E-state index in [9.17, 15) is 15.0 Å². The highest BCUT2D eigenvalue weighted by Crippen LogP contribution is 2.40. The number of nitrogens with zero attached hydrogens (tertiary/aromatic N) is 1. The predicted molar refractivity (Wildman–Crippen MR) is 88.3 cm³/mol. The van der Waals surface area contributed by atoms with Crippen molar-refractivity contribution >= 4 is 44.0 Å². The molecule has 0 heterocycles.